The molecule has 7 heteroatoms. The van der Waals surface area contributed by atoms with Gasteiger partial charge in [-0.25, -0.2) is 13.4 Å². The van der Waals surface area contributed by atoms with Crippen molar-refractivity contribution >= 4 is 15.8 Å². The average Bonchev–Trinajstić information content (AvgIpc) is 2.57. The second kappa shape index (κ2) is 9.08. The molecule has 0 spiro atoms. The number of hydrogen-bond donors (Lipinski definition) is 1. The Morgan fingerprint density at radius 3 is 2.68 bits per heavy atom. The fraction of sp³-hybridized carbons (Fsp3) is 0.611. The Bertz CT molecular complexity index is 671. The second-order valence-corrected chi connectivity index (χ2v) is 8.54. The van der Waals surface area contributed by atoms with Crippen molar-refractivity contribution in [3.05, 3.63) is 24.3 Å². The number of ether oxygens (including phenoxy) is 1. The van der Waals surface area contributed by atoms with E-state index in [2.05, 4.69) is 29.1 Å². The smallest absolute Gasteiger partial charge is 0.194 e. The van der Waals surface area contributed by atoms with Crippen LogP contribution in [-0.2, 0) is 9.84 Å². The van der Waals surface area contributed by atoms with Crippen molar-refractivity contribution in [1.82, 2.24) is 10.2 Å². The molecule has 1 aliphatic rings. The summed E-state index contributed by atoms with van der Waals surface area (Å²) in [5.74, 6) is 2.30. The molecule has 1 aliphatic heterocycles. The number of nitrogens with one attached hydrogen (secondary N) is 1. The standard InChI is InChI=1S/C18H29N3O3S/c1-4-19-18(21-12-5-6-15(2)14-21)20-11-13-24-16-7-9-17(10-8-16)25(3,22)23/h7-10,15H,4-6,11-14H2,1-3H3,(H,19,20). The maximum absolute atomic E-state index is 11.4. The van der Waals surface area contributed by atoms with E-state index >= 15 is 0 Å². The van der Waals surface area contributed by atoms with E-state index in [1.165, 1.54) is 19.1 Å². The summed E-state index contributed by atoms with van der Waals surface area (Å²) in [7, 11) is -3.17. The Kier molecular flexibility index (Phi) is 7.11. The normalized spacial score (nSPS) is 18.9. The van der Waals surface area contributed by atoms with Gasteiger partial charge in [0.1, 0.15) is 12.4 Å². The van der Waals surface area contributed by atoms with Gasteiger partial charge in [0.25, 0.3) is 0 Å². The lowest BCUT2D eigenvalue weighted by molar-refractivity contribution is 0.264. The largest absolute Gasteiger partial charge is 0.492 e. The Morgan fingerprint density at radius 1 is 1.36 bits per heavy atom. The summed E-state index contributed by atoms with van der Waals surface area (Å²) < 4.78 is 28.6. The summed E-state index contributed by atoms with van der Waals surface area (Å²) in [6.07, 6.45) is 3.68. The monoisotopic (exact) mass is 367 g/mol. The molecule has 1 atom stereocenters. The van der Waals surface area contributed by atoms with Crippen molar-refractivity contribution in [2.75, 3.05) is 39.0 Å². The number of likely N-dealkylation sites (tertiary alicyclic amines) is 1. The van der Waals surface area contributed by atoms with Gasteiger partial charge in [0, 0.05) is 25.9 Å². The first-order valence-electron chi connectivity index (χ1n) is 8.86. The highest BCUT2D eigenvalue weighted by Crippen LogP contribution is 2.16. The maximum Gasteiger partial charge on any atom is 0.194 e. The summed E-state index contributed by atoms with van der Waals surface area (Å²) >= 11 is 0. The first-order chi connectivity index (χ1) is 11.9. The summed E-state index contributed by atoms with van der Waals surface area (Å²) in [6, 6.07) is 6.48. The van der Waals surface area contributed by atoms with E-state index in [0.717, 1.165) is 25.6 Å². The molecule has 6 nitrogen and oxygen atoms in total. The number of aliphatic imine (C=N–C) groups is 1. The molecule has 0 aliphatic carbocycles. The number of piperidine rings is 1. The van der Waals surface area contributed by atoms with E-state index < -0.39 is 9.84 Å². The van der Waals surface area contributed by atoms with Crippen LogP contribution in [0.4, 0.5) is 0 Å². The van der Waals surface area contributed by atoms with Crippen LogP contribution in [0.25, 0.3) is 0 Å². The van der Waals surface area contributed by atoms with Crippen LogP contribution >= 0.6 is 0 Å². The Balaban J connectivity index is 1.87. The molecule has 1 aromatic rings. The number of nitrogens with zero attached hydrogens (tertiary/aromatic N) is 2. The van der Waals surface area contributed by atoms with Crippen molar-refractivity contribution in [3.63, 3.8) is 0 Å². The molecule has 25 heavy (non-hydrogen) atoms. The minimum atomic E-state index is -3.17. The number of guanidine groups is 1. The zero-order valence-corrected chi connectivity index (χ0v) is 16.2. The molecule has 0 bridgehead atoms. The van der Waals surface area contributed by atoms with E-state index in [0.29, 0.717) is 29.7 Å². The highest BCUT2D eigenvalue weighted by atomic mass is 32.2. The highest BCUT2D eigenvalue weighted by molar-refractivity contribution is 7.90. The van der Waals surface area contributed by atoms with Crippen LogP contribution in [0.3, 0.4) is 0 Å². The van der Waals surface area contributed by atoms with Crippen LogP contribution in [0.1, 0.15) is 26.7 Å². The molecule has 140 valence electrons. The van der Waals surface area contributed by atoms with E-state index in [1.54, 1.807) is 24.3 Å². The van der Waals surface area contributed by atoms with Gasteiger partial charge in [-0.05, 0) is 49.9 Å². The third-order valence-electron chi connectivity index (χ3n) is 4.16. The first-order valence-corrected chi connectivity index (χ1v) is 10.8. The van der Waals surface area contributed by atoms with Crippen molar-refractivity contribution in [3.8, 4) is 5.75 Å². The third kappa shape index (κ3) is 6.23. The third-order valence-corrected chi connectivity index (χ3v) is 5.29. The van der Waals surface area contributed by atoms with Crippen LogP contribution in [0.2, 0.25) is 0 Å². The Labute approximate surface area is 151 Å². The van der Waals surface area contributed by atoms with Crippen molar-refractivity contribution in [2.24, 2.45) is 10.9 Å². The minimum Gasteiger partial charge on any atom is -0.492 e. The molecule has 2 rings (SSSR count). The van der Waals surface area contributed by atoms with Gasteiger partial charge < -0.3 is 15.0 Å². The molecule has 1 heterocycles. The zero-order valence-electron chi connectivity index (χ0n) is 15.4. The molecule has 0 aromatic heterocycles. The molecule has 1 aromatic carbocycles. The van der Waals surface area contributed by atoms with Gasteiger partial charge in [0.2, 0.25) is 0 Å². The SMILES string of the molecule is CCNC(=NCCOc1ccc(S(C)(=O)=O)cc1)N1CCCC(C)C1. The second-order valence-electron chi connectivity index (χ2n) is 6.52. The lowest BCUT2D eigenvalue weighted by atomic mass is 10.0. The molecule has 1 unspecified atom stereocenters. The van der Waals surface area contributed by atoms with Crippen LogP contribution in [0.15, 0.2) is 34.2 Å². The fourth-order valence-electron chi connectivity index (χ4n) is 2.91. The van der Waals surface area contributed by atoms with Gasteiger partial charge in [0.05, 0.1) is 11.4 Å². The highest BCUT2D eigenvalue weighted by Gasteiger charge is 2.18. The maximum atomic E-state index is 11.4. The summed E-state index contributed by atoms with van der Waals surface area (Å²) in [5, 5.41) is 3.35. The lowest BCUT2D eigenvalue weighted by Crippen LogP contribution is -2.46. The topological polar surface area (TPSA) is 71.0 Å². The predicted octanol–water partition coefficient (Wildman–Crippen LogP) is 2.17. The molecule has 1 saturated heterocycles. The molecule has 1 N–H and O–H groups in total. The average molecular weight is 368 g/mol. The summed E-state index contributed by atoms with van der Waals surface area (Å²) in [5.41, 5.74) is 0. The number of hydrogen-bond acceptors (Lipinski definition) is 4. The van der Waals surface area contributed by atoms with Gasteiger partial charge in [0.15, 0.2) is 15.8 Å². The van der Waals surface area contributed by atoms with Crippen molar-refractivity contribution in [1.29, 1.82) is 0 Å². The summed E-state index contributed by atoms with van der Waals surface area (Å²) in [6.45, 7) is 8.29. The molecular formula is C18H29N3O3S. The van der Waals surface area contributed by atoms with Crippen LogP contribution < -0.4 is 10.1 Å². The lowest BCUT2D eigenvalue weighted by Gasteiger charge is -2.33. The molecule has 0 amide bonds. The van der Waals surface area contributed by atoms with Gasteiger partial charge in [-0.2, -0.15) is 0 Å². The molecule has 0 radical (unpaired) electrons. The van der Waals surface area contributed by atoms with Crippen LogP contribution in [0, 0.1) is 5.92 Å². The molecule has 0 saturated carbocycles. The van der Waals surface area contributed by atoms with Crippen molar-refractivity contribution in [2.45, 2.75) is 31.6 Å². The Hall–Kier alpha value is -1.76. The van der Waals surface area contributed by atoms with E-state index in [4.69, 9.17) is 4.74 Å². The quantitative estimate of drug-likeness (QED) is 0.474. The van der Waals surface area contributed by atoms with Gasteiger partial charge in [-0.15, -0.1) is 0 Å². The molecule has 1 fully saturated rings. The number of rotatable bonds is 6. The predicted molar refractivity (Wildman–Crippen MR) is 101 cm³/mol. The summed E-state index contributed by atoms with van der Waals surface area (Å²) in [4.78, 5) is 7.27. The number of sulfone groups is 1. The fourth-order valence-corrected chi connectivity index (χ4v) is 3.54. The van der Waals surface area contributed by atoms with Gasteiger partial charge >= 0.3 is 0 Å². The van der Waals surface area contributed by atoms with E-state index in [-0.39, 0.29) is 0 Å². The van der Waals surface area contributed by atoms with E-state index in [1.807, 2.05) is 0 Å². The van der Waals surface area contributed by atoms with Gasteiger partial charge in [-0.3, -0.25) is 0 Å². The number of benzene rings is 1. The van der Waals surface area contributed by atoms with Crippen LogP contribution in [-0.4, -0.2) is 58.3 Å². The Morgan fingerprint density at radius 2 is 2.08 bits per heavy atom. The molecular weight excluding hydrogens is 338 g/mol. The zero-order chi connectivity index (χ0) is 18.3. The van der Waals surface area contributed by atoms with Crippen molar-refractivity contribution < 1.29 is 13.2 Å². The van der Waals surface area contributed by atoms with Crippen LogP contribution in [0.5, 0.6) is 5.75 Å². The minimum absolute atomic E-state index is 0.298. The van der Waals surface area contributed by atoms with E-state index in [9.17, 15) is 8.42 Å². The first kappa shape index (κ1) is 19.6. The van der Waals surface area contributed by atoms with Gasteiger partial charge in [-0.1, -0.05) is 6.92 Å².